The maximum Gasteiger partial charge on any atom is 0.142 e. The summed E-state index contributed by atoms with van der Waals surface area (Å²) in [6.45, 7) is 4.06. The number of nitrogens with two attached hydrogens (primary N) is 1. The molecule has 4 nitrogen and oxygen atoms in total. The summed E-state index contributed by atoms with van der Waals surface area (Å²) in [5, 5.41) is 4.49. The van der Waals surface area contributed by atoms with E-state index in [-0.39, 0.29) is 0 Å². The lowest BCUT2D eigenvalue weighted by atomic mass is 10.3. The highest BCUT2D eigenvalue weighted by atomic mass is 32.1. The lowest BCUT2D eigenvalue weighted by Crippen LogP contribution is -2.26. The molecule has 0 radical (unpaired) electrons. The summed E-state index contributed by atoms with van der Waals surface area (Å²) < 4.78 is 4.10. The molecule has 1 aliphatic rings. The number of nitrogen functional groups attached to an aromatic ring is 1. The number of rotatable bonds is 5. The lowest BCUT2D eigenvalue weighted by molar-refractivity contribution is 0.337. The van der Waals surface area contributed by atoms with Crippen molar-refractivity contribution in [1.29, 1.82) is 0 Å². The fourth-order valence-corrected chi connectivity index (χ4v) is 2.29. The van der Waals surface area contributed by atoms with E-state index in [0.717, 1.165) is 29.7 Å². The highest BCUT2D eigenvalue weighted by Gasteiger charge is 2.25. The second-order valence-corrected chi connectivity index (χ2v) is 4.93. The van der Waals surface area contributed by atoms with Gasteiger partial charge in [0.15, 0.2) is 0 Å². The Labute approximate surface area is 94.6 Å². The van der Waals surface area contributed by atoms with Crippen molar-refractivity contribution < 1.29 is 0 Å². The average Bonchev–Trinajstić information content (AvgIpc) is 3.00. The number of likely N-dealkylation sites (N-methyl/N-ethyl adjacent to an activating group) is 1. The molecule has 1 saturated carbocycles. The van der Waals surface area contributed by atoms with E-state index >= 15 is 0 Å². The third kappa shape index (κ3) is 2.60. The minimum Gasteiger partial charge on any atom is -0.383 e. The summed E-state index contributed by atoms with van der Waals surface area (Å²) in [6.07, 6.45) is 2.73. The molecule has 0 bridgehead atoms. The molecule has 0 saturated heterocycles. The molecule has 0 aliphatic heterocycles. The van der Waals surface area contributed by atoms with Crippen molar-refractivity contribution >= 4 is 22.4 Å². The normalized spacial score (nSPS) is 15.9. The third-order valence-electron chi connectivity index (χ3n) is 2.88. The molecule has 0 atom stereocenters. The predicted octanol–water partition coefficient (Wildman–Crippen LogP) is 1.54. The summed E-state index contributed by atoms with van der Waals surface area (Å²) in [5.41, 5.74) is 6.76. The topological polar surface area (TPSA) is 54.2 Å². The van der Waals surface area contributed by atoms with Gasteiger partial charge in [-0.25, -0.2) is 0 Å². The van der Waals surface area contributed by atoms with E-state index in [2.05, 4.69) is 21.6 Å². The molecule has 0 aromatic carbocycles. The molecule has 1 heterocycles. The molecule has 15 heavy (non-hydrogen) atoms. The summed E-state index contributed by atoms with van der Waals surface area (Å²) in [7, 11) is 2.19. The van der Waals surface area contributed by atoms with Gasteiger partial charge in [0, 0.05) is 24.7 Å². The van der Waals surface area contributed by atoms with Crippen molar-refractivity contribution in [3.8, 4) is 0 Å². The molecule has 1 aromatic heterocycles. The van der Waals surface area contributed by atoms with E-state index in [1.807, 2.05) is 6.92 Å². The Morgan fingerprint density at radius 1 is 1.60 bits per heavy atom. The quantitative estimate of drug-likeness (QED) is 0.799. The SMILES string of the molecule is Cc1c(N)nsc1NCCN(C)C1CC1. The average molecular weight is 226 g/mol. The van der Waals surface area contributed by atoms with Crippen LogP contribution in [0.15, 0.2) is 0 Å². The molecule has 1 fully saturated rings. The second kappa shape index (κ2) is 4.37. The number of anilines is 2. The van der Waals surface area contributed by atoms with Crippen LogP contribution in [0.5, 0.6) is 0 Å². The maximum absolute atomic E-state index is 5.68. The van der Waals surface area contributed by atoms with Crippen LogP contribution in [0.3, 0.4) is 0 Å². The molecule has 0 spiro atoms. The number of nitrogens with one attached hydrogen (secondary N) is 1. The van der Waals surface area contributed by atoms with Crippen LogP contribution in [0.2, 0.25) is 0 Å². The van der Waals surface area contributed by atoms with Gasteiger partial charge < -0.3 is 16.0 Å². The van der Waals surface area contributed by atoms with Gasteiger partial charge in [-0.2, -0.15) is 4.37 Å². The standard InChI is InChI=1S/C10H18N4S/c1-7-9(11)13-15-10(7)12-5-6-14(2)8-3-4-8/h8,12H,3-6H2,1-2H3,(H2,11,13). The van der Waals surface area contributed by atoms with Crippen LogP contribution in [-0.4, -0.2) is 35.5 Å². The van der Waals surface area contributed by atoms with Gasteiger partial charge in [0.2, 0.25) is 0 Å². The zero-order valence-electron chi connectivity index (χ0n) is 9.29. The van der Waals surface area contributed by atoms with Gasteiger partial charge in [-0.05, 0) is 38.3 Å². The first kappa shape index (κ1) is 10.7. The van der Waals surface area contributed by atoms with E-state index in [1.165, 1.54) is 24.4 Å². The number of nitrogens with zero attached hydrogens (tertiary/aromatic N) is 2. The Morgan fingerprint density at radius 2 is 2.33 bits per heavy atom. The van der Waals surface area contributed by atoms with Crippen molar-refractivity contribution in [1.82, 2.24) is 9.27 Å². The minimum atomic E-state index is 0.651. The third-order valence-corrected chi connectivity index (χ3v) is 3.80. The highest BCUT2D eigenvalue weighted by Crippen LogP contribution is 2.26. The van der Waals surface area contributed by atoms with Gasteiger partial charge in [0.25, 0.3) is 0 Å². The van der Waals surface area contributed by atoms with E-state index in [9.17, 15) is 0 Å². The molecule has 1 aromatic rings. The van der Waals surface area contributed by atoms with Crippen LogP contribution in [-0.2, 0) is 0 Å². The smallest absolute Gasteiger partial charge is 0.142 e. The molecular weight excluding hydrogens is 208 g/mol. The Balaban J connectivity index is 1.75. The molecule has 84 valence electrons. The maximum atomic E-state index is 5.68. The van der Waals surface area contributed by atoms with Gasteiger partial charge >= 0.3 is 0 Å². The Kier molecular flexibility index (Phi) is 3.11. The van der Waals surface area contributed by atoms with Crippen LogP contribution < -0.4 is 11.1 Å². The predicted molar refractivity (Wildman–Crippen MR) is 65.4 cm³/mol. The van der Waals surface area contributed by atoms with Gasteiger partial charge in [-0.15, -0.1) is 0 Å². The molecule has 5 heteroatoms. The van der Waals surface area contributed by atoms with Crippen molar-refractivity contribution in [2.45, 2.75) is 25.8 Å². The first-order valence-electron chi connectivity index (χ1n) is 5.34. The zero-order valence-corrected chi connectivity index (χ0v) is 10.1. The van der Waals surface area contributed by atoms with Crippen LogP contribution in [0.25, 0.3) is 0 Å². The van der Waals surface area contributed by atoms with E-state index in [4.69, 9.17) is 5.73 Å². The van der Waals surface area contributed by atoms with Crippen LogP contribution in [0.4, 0.5) is 10.8 Å². The van der Waals surface area contributed by atoms with Crippen molar-refractivity contribution in [3.63, 3.8) is 0 Å². The number of hydrogen-bond acceptors (Lipinski definition) is 5. The fourth-order valence-electron chi connectivity index (χ4n) is 1.56. The van der Waals surface area contributed by atoms with Crippen molar-refractivity contribution in [2.24, 2.45) is 0 Å². The van der Waals surface area contributed by atoms with Gasteiger partial charge in [0.1, 0.15) is 10.8 Å². The Bertz CT molecular complexity index is 332. The highest BCUT2D eigenvalue weighted by molar-refractivity contribution is 7.10. The molecule has 0 amide bonds. The van der Waals surface area contributed by atoms with Crippen LogP contribution in [0.1, 0.15) is 18.4 Å². The largest absolute Gasteiger partial charge is 0.383 e. The second-order valence-electron chi connectivity index (χ2n) is 4.16. The Hall–Kier alpha value is -0.810. The first-order valence-corrected chi connectivity index (χ1v) is 6.11. The fraction of sp³-hybridized carbons (Fsp3) is 0.700. The van der Waals surface area contributed by atoms with E-state index < -0.39 is 0 Å². The lowest BCUT2D eigenvalue weighted by Gasteiger charge is -2.15. The van der Waals surface area contributed by atoms with Gasteiger partial charge in [0.05, 0.1) is 0 Å². The summed E-state index contributed by atoms with van der Waals surface area (Å²) in [4.78, 5) is 2.41. The Morgan fingerprint density at radius 3 is 2.87 bits per heavy atom. The zero-order chi connectivity index (χ0) is 10.8. The van der Waals surface area contributed by atoms with Gasteiger partial charge in [-0.1, -0.05) is 0 Å². The minimum absolute atomic E-state index is 0.651. The van der Waals surface area contributed by atoms with Crippen LogP contribution >= 0.6 is 11.5 Å². The van der Waals surface area contributed by atoms with E-state index in [0.29, 0.717) is 5.82 Å². The number of hydrogen-bond donors (Lipinski definition) is 2. The molecule has 1 aliphatic carbocycles. The van der Waals surface area contributed by atoms with Crippen LogP contribution in [0, 0.1) is 6.92 Å². The molecular formula is C10H18N4S. The van der Waals surface area contributed by atoms with E-state index in [1.54, 1.807) is 0 Å². The molecule has 2 rings (SSSR count). The molecule has 0 unspecified atom stereocenters. The first-order chi connectivity index (χ1) is 7.18. The molecule has 3 N–H and O–H groups in total. The number of aromatic nitrogens is 1. The summed E-state index contributed by atoms with van der Waals surface area (Å²) in [6, 6.07) is 0.833. The van der Waals surface area contributed by atoms with Crippen molar-refractivity contribution in [3.05, 3.63) is 5.56 Å². The monoisotopic (exact) mass is 226 g/mol. The summed E-state index contributed by atoms with van der Waals surface area (Å²) >= 11 is 1.45. The van der Waals surface area contributed by atoms with Crippen molar-refractivity contribution in [2.75, 3.05) is 31.2 Å². The summed E-state index contributed by atoms with van der Waals surface area (Å²) in [5.74, 6) is 0.651. The van der Waals surface area contributed by atoms with Gasteiger partial charge in [-0.3, -0.25) is 0 Å².